The summed E-state index contributed by atoms with van der Waals surface area (Å²) in [6.07, 6.45) is 1.05. The van der Waals surface area contributed by atoms with Crippen LogP contribution < -0.4 is 9.54 Å². The molecule has 0 atom stereocenters. The fraction of sp³-hybridized carbons (Fsp3) is 0.278. The minimum Gasteiger partial charge on any atom is -0.494 e. The van der Waals surface area contributed by atoms with Crippen LogP contribution in [0.5, 0.6) is 5.75 Å². The van der Waals surface area contributed by atoms with Crippen LogP contribution in [0.3, 0.4) is 0 Å². The average molecular weight is 460 g/mol. The van der Waals surface area contributed by atoms with Crippen molar-refractivity contribution in [3.05, 3.63) is 50.9 Å². The van der Waals surface area contributed by atoms with E-state index in [1.807, 2.05) is 37.3 Å². The molecule has 0 spiro atoms. The van der Waals surface area contributed by atoms with Gasteiger partial charge in [-0.15, -0.1) is 39.7 Å². The second-order valence-electron chi connectivity index (χ2n) is 5.20. The highest BCUT2D eigenvalue weighted by atomic mass is 79.9. The summed E-state index contributed by atoms with van der Waals surface area (Å²) in [5, 5.41) is 2.16. The average Bonchev–Trinajstić information content (AvgIpc) is 3.17. The maximum Gasteiger partial charge on any atom is 0.190 e. The van der Waals surface area contributed by atoms with Gasteiger partial charge in [0.25, 0.3) is 0 Å². The molecule has 2 aromatic heterocycles. The van der Waals surface area contributed by atoms with Crippen molar-refractivity contribution in [2.45, 2.75) is 26.8 Å². The normalized spacial score (nSPS) is 11.4. The number of nitrogens with zero attached hydrogens (tertiary/aromatic N) is 2. The molecule has 3 nitrogen and oxygen atoms in total. The van der Waals surface area contributed by atoms with Crippen LogP contribution in [0.1, 0.15) is 20.3 Å². The predicted octanol–water partition coefficient (Wildman–Crippen LogP) is 6.55. The molecule has 0 unspecified atom stereocenters. The lowest BCUT2D eigenvalue weighted by Gasteiger charge is -2.06. The quantitative estimate of drug-likeness (QED) is 0.410. The van der Waals surface area contributed by atoms with Crippen molar-refractivity contribution in [2.75, 3.05) is 6.61 Å². The Morgan fingerprint density at radius 1 is 1.12 bits per heavy atom. The molecule has 25 heavy (non-hydrogen) atoms. The van der Waals surface area contributed by atoms with Gasteiger partial charge in [0.05, 0.1) is 27.2 Å². The van der Waals surface area contributed by atoms with Crippen molar-refractivity contribution >= 4 is 56.9 Å². The summed E-state index contributed by atoms with van der Waals surface area (Å²) in [6.45, 7) is 5.77. The molecule has 134 valence electrons. The van der Waals surface area contributed by atoms with Crippen molar-refractivity contribution in [3.8, 4) is 16.3 Å². The van der Waals surface area contributed by atoms with E-state index in [0.717, 1.165) is 33.5 Å². The minimum absolute atomic E-state index is 0. The van der Waals surface area contributed by atoms with Crippen LogP contribution in [0.25, 0.3) is 10.6 Å². The van der Waals surface area contributed by atoms with E-state index in [1.165, 1.54) is 10.6 Å². The molecule has 0 saturated carbocycles. The Morgan fingerprint density at radius 3 is 2.48 bits per heavy atom. The van der Waals surface area contributed by atoms with Crippen LogP contribution in [0, 0.1) is 0 Å². The maximum atomic E-state index is 6.09. The summed E-state index contributed by atoms with van der Waals surface area (Å²) in [7, 11) is 0. The Labute approximate surface area is 171 Å². The second-order valence-corrected chi connectivity index (χ2v) is 7.75. The number of benzene rings is 1. The van der Waals surface area contributed by atoms with Gasteiger partial charge in [-0.3, -0.25) is 0 Å². The zero-order valence-electron chi connectivity index (χ0n) is 14.1. The first-order chi connectivity index (χ1) is 11.7. The van der Waals surface area contributed by atoms with E-state index in [9.17, 15) is 0 Å². The number of thiophene rings is 1. The highest BCUT2D eigenvalue weighted by Gasteiger charge is 2.09. The van der Waals surface area contributed by atoms with E-state index in [2.05, 4.69) is 22.9 Å². The number of aromatic nitrogens is 1. The number of hydrogen-bond acceptors (Lipinski definition) is 4. The standard InChI is InChI=1S/C18H19ClN2OS2.BrH/c1-3-11-21-15(16-9-10-17(19)24-16)12-23-18(21)20-13-5-7-14(8-6-13)22-4-2;/h5-10,12H,3-4,11H2,1-2H3;1H. The van der Waals surface area contributed by atoms with Crippen molar-refractivity contribution in [2.24, 2.45) is 4.99 Å². The molecule has 2 heterocycles. The van der Waals surface area contributed by atoms with Crippen LogP contribution in [-0.4, -0.2) is 11.2 Å². The molecule has 3 aromatic rings. The third-order valence-corrected chi connectivity index (χ3v) is 5.56. The summed E-state index contributed by atoms with van der Waals surface area (Å²) in [6, 6.07) is 11.9. The van der Waals surface area contributed by atoms with Gasteiger partial charge in [-0.25, -0.2) is 4.99 Å². The van der Waals surface area contributed by atoms with Crippen LogP contribution >= 0.6 is 51.3 Å². The number of halogens is 2. The molecule has 0 radical (unpaired) electrons. The van der Waals surface area contributed by atoms with Gasteiger partial charge in [-0.05, 0) is 49.7 Å². The van der Waals surface area contributed by atoms with Crippen LogP contribution in [0.15, 0.2) is 46.8 Å². The smallest absolute Gasteiger partial charge is 0.190 e. The van der Waals surface area contributed by atoms with Gasteiger partial charge in [0.1, 0.15) is 5.75 Å². The lowest BCUT2D eigenvalue weighted by Crippen LogP contribution is -2.15. The van der Waals surface area contributed by atoms with E-state index in [4.69, 9.17) is 21.3 Å². The molecule has 0 saturated heterocycles. The summed E-state index contributed by atoms with van der Waals surface area (Å²) in [5.41, 5.74) is 2.12. The SMILES string of the molecule is Br.CCCn1c(-c2ccc(Cl)s2)csc1=Nc1ccc(OCC)cc1. The fourth-order valence-electron chi connectivity index (χ4n) is 2.40. The van der Waals surface area contributed by atoms with Crippen molar-refractivity contribution in [1.29, 1.82) is 0 Å². The third-order valence-electron chi connectivity index (χ3n) is 3.44. The molecular weight excluding hydrogens is 440 g/mol. The highest BCUT2D eigenvalue weighted by molar-refractivity contribution is 8.93. The molecule has 0 aliphatic carbocycles. The Morgan fingerprint density at radius 2 is 1.88 bits per heavy atom. The summed E-state index contributed by atoms with van der Waals surface area (Å²) in [5.74, 6) is 0.873. The van der Waals surface area contributed by atoms with Crippen molar-refractivity contribution in [1.82, 2.24) is 4.57 Å². The maximum absolute atomic E-state index is 6.09. The summed E-state index contributed by atoms with van der Waals surface area (Å²) >= 11 is 9.35. The van der Waals surface area contributed by atoms with Gasteiger partial charge in [0.15, 0.2) is 4.80 Å². The predicted molar refractivity (Wildman–Crippen MR) is 114 cm³/mol. The second kappa shape index (κ2) is 9.57. The molecule has 0 N–H and O–H groups in total. The van der Waals surface area contributed by atoms with E-state index < -0.39 is 0 Å². The largest absolute Gasteiger partial charge is 0.494 e. The first-order valence-electron chi connectivity index (χ1n) is 7.93. The Balaban J connectivity index is 0.00000225. The molecule has 0 amide bonds. The molecule has 0 aliphatic rings. The molecule has 0 bridgehead atoms. The van der Waals surface area contributed by atoms with E-state index >= 15 is 0 Å². The molecule has 7 heteroatoms. The van der Waals surface area contributed by atoms with Gasteiger partial charge < -0.3 is 9.30 Å². The Bertz CT molecular complexity index is 868. The first-order valence-corrected chi connectivity index (χ1v) is 10.00. The first kappa shape index (κ1) is 20.2. The zero-order chi connectivity index (χ0) is 16.9. The number of ether oxygens (including phenoxy) is 1. The molecule has 3 rings (SSSR count). The van der Waals surface area contributed by atoms with Crippen LogP contribution in [-0.2, 0) is 6.54 Å². The van der Waals surface area contributed by atoms with Crippen LogP contribution in [0.4, 0.5) is 5.69 Å². The van der Waals surface area contributed by atoms with E-state index in [0.29, 0.717) is 6.61 Å². The number of hydrogen-bond donors (Lipinski definition) is 0. The summed E-state index contributed by atoms with van der Waals surface area (Å²) in [4.78, 5) is 6.99. The van der Waals surface area contributed by atoms with Gasteiger partial charge in [-0.2, -0.15) is 0 Å². The monoisotopic (exact) mass is 458 g/mol. The number of rotatable bonds is 6. The number of thiazole rings is 1. The van der Waals surface area contributed by atoms with E-state index in [-0.39, 0.29) is 17.0 Å². The molecular formula is C18H20BrClN2OS2. The summed E-state index contributed by atoms with van der Waals surface area (Å²) < 4.78 is 8.56. The van der Waals surface area contributed by atoms with Crippen molar-refractivity contribution in [3.63, 3.8) is 0 Å². The third kappa shape index (κ3) is 4.97. The van der Waals surface area contributed by atoms with Crippen molar-refractivity contribution < 1.29 is 4.74 Å². The molecule has 0 aliphatic heterocycles. The Hall–Kier alpha value is -1.08. The lowest BCUT2D eigenvalue weighted by molar-refractivity contribution is 0.340. The Kier molecular flexibility index (Phi) is 7.75. The zero-order valence-corrected chi connectivity index (χ0v) is 18.2. The molecule has 0 fully saturated rings. The minimum atomic E-state index is 0. The van der Waals surface area contributed by atoms with Gasteiger partial charge in [-0.1, -0.05) is 18.5 Å². The van der Waals surface area contributed by atoms with Gasteiger partial charge in [0, 0.05) is 11.9 Å². The lowest BCUT2D eigenvalue weighted by atomic mass is 10.3. The van der Waals surface area contributed by atoms with Crippen LogP contribution in [0.2, 0.25) is 4.34 Å². The van der Waals surface area contributed by atoms with Gasteiger partial charge >= 0.3 is 0 Å². The highest BCUT2D eigenvalue weighted by Crippen LogP contribution is 2.31. The topological polar surface area (TPSA) is 26.5 Å². The fourth-order valence-corrected chi connectivity index (χ4v) is 4.49. The molecule has 1 aromatic carbocycles. The van der Waals surface area contributed by atoms with Gasteiger partial charge in [0.2, 0.25) is 0 Å². The van der Waals surface area contributed by atoms with E-state index in [1.54, 1.807) is 22.7 Å².